The molecule has 2 rings (SSSR count). The fourth-order valence-electron chi connectivity index (χ4n) is 1.40. The number of sulfone groups is 1. The number of rotatable bonds is 3. The molecule has 0 radical (unpaired) electrons. The monoisotopic (exact) mass is 271 g/mol. The van der Waals surface area contributed by atoms with Crippen LogP contribution in [0.15, 0.2) is 23.1 Å². The number of nitrogens with zero attached hydrogens (tertiary/aromatic N) is 4. The highest BCUT2D eigenvalue weighted by atomic mass is 32.2. The second kappa shape index (κ2) is 4.33. The first-order chi connectivity index (χ1) is 8.37. The van der Waals surface area contributed by atoms with Crippen molar-refractivity contribution in [2.24, 2.45) is 7.05 Å². The molecule has 0 amide bonds. The standard InChI is InChI=1S/C9H10FN5O2S/c1-15-13-9(12-14-15)5-18(16,17)8-3-6(10)2-7(11)4-8/h2-4H,5,11H2,1H3. The predicted molar refractivity (Wildman–Crippen MR) is 60.5 cm³/mol. The number of nitrogens with two attached hydrogens (primary N) is 1. The Balaban J connectivity index is 2.36. The first-order valence-corrected chi connectivity index (χ1v) is 6.54. The lowest BCUT2D eigenvalue weighted by Crippen LogP contribution is -2.08. The highest BCUT2D eigenvalue weighted by molar-refractivity contribution is 7.90. The SMILES string of the molecule is Cn1nnc(CS(=O)(=O)c2cc(N)cc(F)c2)n1. The van der Waals surface area contributed by atoms with Crippen LogP contribution in [0.2, 0.25) is 0 Å². The molecule has 1 aromatic carbocycles. The largest absolute Gasteiger partial charge is 0.399 e. The highest BCUT2D eigenvalue weighted by Crippen LogP contribution is 2.19. The van der Waals surface area contributed by atoms with E-state index in [1.807, 2.05) is 0 Å². The number of hydrogen-bond acceptors (Lipinski definition) is 6. The normalized spacial score (nSPS) is 11.7. The molecule has 2 aromatic rings. The zero-order valence-corrected chi connectivity index (χ0v) is 10.2. The van der Waals surface area contributed by atoms with Crippen molar-refractivity contribution < 1.29 is 12.8 Å². The zero-order chi connectivity index (χ0) is 13.3. The van der Waals surface area contributed by atoms with Crippen LogP contribution in [0.4, 0.5) is 10.1 Å². The summed E-state index contributed by atoms with van der Waals surface area (Å²) >= 11 is 0. The quantitative estimate of drug-likeness (QED) is 0.782. The maximum Gasteiger partial charge on any atom is 0.190 e. The number of halogens is 1. The molecule has 0 unspecified atom stereocenters. The van der Waals surface area contributed by atoms with Gasteiger partial charge in [-0.1, -0.05) is 0 Å². The second-order valence-electron chi connectivity index (χ2n) is 3.67. The van der Waals surface area contributed by atoms with E-state index < -0.39 is 21.4 Å². The summed E-state index contributed by atoms with van der Waals surface area (Å²) in [5.41, 5.74) is 5.44. The molecule has 9 heteroatoms. The van der Waals surface area contributed by atoms with Gasteiger partial charge in [-0.15, -0.1) is 10.2 Å². The third kappa shape index (κ3) is 2.62. The number of aromatic nitrogens is 4. The van der Waals surface area contributed by atoms with Crippen molar-refractivity contribution in [3.05, 3.63) is 29.8 Å². The summed E-state index contributed by atoms with van der Waals surface area (Å²) in [6.07, 6.45) is 0. The molecular weight excluding hydrogens is 261 g/mol. The summed E-state index contributed by atoms with van der Waals surface area (Å²) in [7, 11) is -2.23. The molecule has 1 aromatic heterocycles. The molecule has 0 aliphatic carbocycles. The van der Waals surface area contributed by atoms with Gasteiger partial charge < -0.3 is 5.73 Å². The van der Waals surface area contributed by atoms with Crippen LogP contribution in [0.25, 0.3) is 0 Å². The van der Waals surface area contributed by atoms with Crippen molar-refractivity contribution in [1.82, 2.24) is 20.2 Å². The number of aryl methyl sites for hydroxylation is 1. The average molecular weight is 271 g/mol. The highest BCUT2D eigenvalue weighted by Gasteiger charge is 2.19. The third-order valence-corrected chi connectivity index (χ3v) is 3.71. The van der Waals surface area contributed by atoms with Gasteiger partial charge in [0.2, 0.25) is 0 Å². The lowest BCUT2D eigenvalue weighted by molar-refractivity contribution is 0.588. The molecule has 0 saturated heterocycles. The molecule has 0 bridgehead atoms. The van der Waals surface area contributed by atoms with Crippen molar-refractivity contribution >= 4 is 15.5 Å². The van der Waals surface area contributed by atoms with E-state index in [4.69, 9.17) is 5.73 Å². The fourth-order valence-corrected chi connectivity index (χ4v) is 2.63. The van der Waals surface area contributed by atoms with Crippen molar-refractivity contribution in [1.29, 1.82) is 0 Å². The molecule has 0 aliphatic heterocycles. The van der Waals surface area contributed by atoms with Gasteiger partial charge in [-0.3, -0.25) is 0 Å². The fraction of sp³-hybridized carbons (Fsp3) is 0.222. The molecule has 0 saturated carbocycles. The summed E-state index contributed by atoms with van der Waals surface area (Å²) in [5.74, 6) is -1.12. The number of hydrogen-bond donors (Lipinski definition) is 1. The van der Waals surface area contributed by atoms with E-state index in [1.54, 1.807) is 0 Å². The first kappa shape index (κ1) is 12.4. The minimum Gasteiger partial charge on any atom is -0.399 e. The van der Waals surface area contributed by atoms with Gasteiger partial charge in [0.05, 0.1) is 11.9 Å². The number of tetrazole rings is 1. The predicted octanol–water partition coefficient (Wildman–Crippen LogP) is -0.0947. The first-order valence-electron chi connectivity index (χ1n) is 4.88. The van der Waals surface area contributed by atoms with Crippen LogP contribution in [0.1, 0.15) is 5.82 Å². The Morgan fingerprint density at radius 2 is 2.11 bits per heavy atom. The minimum absolute atomic E-state index is 0.0420. The van der Waals surface area contributed by atoms with Gasteiger partial charge >= 0.3 is 0 Å². The van der Waals surface area contributed by atoms with E-state index in [1.165, 1.54) is 13.1 Å². The maximum absolute atomic E-state index is 13.1. The van der Waals surface area contributed by atoms with Crippen LogP contribution in [-0.2, 0) is 22.6 Å². The molecule has 18 heavy (non-hydrogen) atoms. The van der Waals surface area contributed by atoms with Crippen LogP contribution >= 0.6 is 0 Å². The smallest absolute Gasteiger partial charge is 0.190 e. The summed E-state index contributed by atoms with van der Waals surface area (Å²) in [5, 5.41) is 10.8. The molecule has 7 nitrogen and oxygen atoms in total. The molecule has 96 valence electrons. The summed E-state index contributed by atoms with van der Waals surface area (Å²) in [6.45, 7) is 0. The van der Waals surface area contributed by atoms with Crippen LogP contribution in [0, 0.1) is 5.82 Å². The Hall–Kier alpha value is -2.03. The van der Waals surface area contributed by atoms with Crippen molar-refractivity contribution in [3.8, 4) is 0 Å². The van der Waals surface area contributed by atoms with Crippen LogP contribution < -0.4 is 5.73 Å². The molecule has 2 N–H and O–H groups in total. The molecule has 0 fully saturated rings. The van der Waals surface area contributed by atoms with Crippen LogP contribution in [0.3, 0.4) is 0 Å². The maximum atomic E-state index is 13.1. The molecule has 1 heterocycles. The van der Waals surface area contributed by atoms with Gasteiger partial charge in [-0.2, -0.15) is 4.80 Å². The summed E-state index contributed by atoms with van der Waals surface area (Å²) < 4.78 is 37.1. The topological polar surface area (TPSA) is 104 Å². The summed E-state index contributed by atoms with van der Waals surface area (Å²) in [4.78, 5) is 0.942. The number of nitrogen functional groups attached to an aromatic ring is 1. The van der Waals surface area contributed by atoms with Crippen LogP contribution in [-0.4, -0.2) is 28.6 Å². The molecular formula is C9H10FN5O2S. The van der Waals surface area contributed by atoms with Crippen LogP contribution in [0.5, 0.6) is 0 Å². The molecule has 0 aliphatic rings. The zero-order valence-electron chi connectivity index (χ0n) is 9.41. The van der Waals surface area contributed by atoms with E-state index >= 15 is 0 Å². The van der Waals surface area contributed by atoms with Crippen molar-refractivity contribution in [3.63, 3.8) is 0 Å². The second-order valence-corrected chi connectivity index (χ2v) is 5.66. The lowest BCUT2D eigenvalue weighted by Gasteiger charge is -2.03. The van der Waals surface area contributed by atoms with E-state index in [-0.39, 0.29) is 16.4 Å². The van der Waals surface area contributed by atoms with Gasteiger partial charge in [-0.05, 0) is 23.4 Å². The average Bonchev–Trinajstić information content (AvgIpc) is 2.61. The molecule has 0 atom stereocenters. The van der Waals surface area contributed by atoms with Gasteiger partial charge in [-0.25, -0.2) is 12.8 Å². The Morgan fingerprint density at radius 1 is 1.39 bits per heavy atom. The Bertz CT molecular complexity index is 662. The van der Waals surface area contributed by atoms with Gasteiger partial charge in [0.25, 0.3) is 0 Å². The van der Waals surface area contributed by atoms with Crippen molar-refractivity contribution in [2.45, 2.75) is 10.6 Å². The molecule has 0 spiro atoms. The van der Waals surface area contributed by atoms with E-state index in [9.17, 15) is 12.8 Å². The number of benzene rings is 1. The third-order valence-electron chi connectivity index (χ3n) is 2.12. The number of anilines is 1. The Kier molecular flexibility index (Phi) is 2.99. The summed E-state index contributed by atoms with van der Waals surface area (Å²) in [6, 6.07) is 3.14. The van der Waals surface area contributed by atoms with Crippen molar-refractivity contribution in [2.75, 3.05) is 5.73 Å². The Morgan fingerprint density at radius 3 is 2.67 bits per heavy atom. The Labute approximate surface area is 102 Å². The van der Waals surface area contributed by atoms with Gasteiger partial charge in [0.1, 0.15) is 11.6 Å². The van der Waals surface area contributed by atoms with E-state index in [2.05, 4.69) is 15.4 Å². The van der Waals surface area contributed by atoms with Gasteiger partial charge in [0, 0.05) is 5.69 Å². The van der Waals surface area contributed by atoms with E-state index in [0.29, 0.717) is 0 Å². The minimum atomic E-state index is -3.74. The lowest BCUT2D eigenvalue weighted by atomic mass is 10.3. The van der Waals surface area contributed by atoms with Gasteiger partial charge in [0.15, 0.2) is 15.7 Å². The van der Waals surface area contributed by atoms with E-state index in [0.717, 1.165) is 16.9 Å².